The summed E-state index contributed by atoms with van der Waals surface area (Å²) in [6, 6.07) is -2.03. The van der Waals surface area contributed by atoms with Gasteiger partial charge in [-0.05, 0) is 12.8 Å². The second kappa shape index (κ2) is 4.59. The molecule has 0 aromatic rings. The molecule has 0 saturated carbocycles. The summed E-state index contributed by atoms with van der Waals surface area (Å²) in [5, 5.41) is 1.46. The van der Waals surface area contributed by atoms with E-state index >= 15 is 0 Å². The van der Waals surface area contributed by atoms with E-state index in [-0.39, 0.29) is 6.54 Å². The van der Waals surface area contributed by atoms with E-state index in [0.717, 1.165) is 5.01 Å². The molecule has 3 N–H and O–H groups in total. The van der Waals surface area contributed by atoms with E-state index in [4.69, 9.17) is 10.4 Å². The summed E-state index contributed by atoms with van der Waals surface area (Å²) in [7, 11) is -3.41. The van der Waals surface area contributed by atoms with E-state index in [0.29, 0.717) is 17.9 Å². The lowest BCUT2D eigenvalue weighted by atomic mass is 10.0. The molecule has 2 saturated heterocycles. The molecule has 108 valence electrons. The maximum atomic E-state index is 11.9. The van der Waals surface area contributed by atoms with E-state index in [1.165, 1.54) is 11.9 Å². The van der Waals surface area contributed by atoms with Crippen LogP contribution in [-0.2, 0) is 19.5 Å². The Kier molecular flexibility index (Phi) is 3.38. The molecule has 19 heavy (non-hydrogen) atoms. The molecule has 0 unspecified atom stereocenters. The van der Waals surface area contributed by atoms with Crippen molar-refractivity contribution in [2.75, 3.05) is 13.6 Å². The Morgan fingerprint density at radius 1 is 1.53 bits per heavy atom. The highest BCUT2D eigenvalue weighted by molar-refractivity contribution is 7.80. The van der Waals surface area contributed by atoms with Gasteiger partial charge in [0, 0.05) is 13.6 Å². The molecule has 3 amide bonds. The Morgan fingerprint density at radius 2 is 2.16 bits per heavy atom. The number of amides is 3. The number of hydrazine groups is 1. The predicted octanol–water partition coefficient (Wildman–Crippen LogP) is -1.68. The number of fused-ring (bicyclic) bond motifs is 2. The second-order valence-electron chi connectivity index (χ2n) is 4.46. The number of hydroxylamine groups is 2. The van der Waals surface area contributed by atoms with Crippen LogP contribution in [0.1, 0.15) is 12.8 Å². The molecule has 0 spiro atoms. The third-order valence-corrected chi connectivity index (χ3v) is 3.48. The van der Waals surface area contributed by atoms with Crippen molar-refractivity contribution in [1.82, 2.24) is 15.0 Å². The van der Waals surface area contributed by atoms with E-state index < -0.39 is 34.4 Å². The first-order valence-electron chi connectivity index (χ1n) is 5.50. The van der Waals surface area contributed by atoms with Gasteiger partial charge in [0.25, 0.3) is 5.91 Å². The maximum absolute atomic E-state index is 11.9. The lowest BCUT2D eigenvalue weighted by Crippen LogP contribution is -2.52. The standard InChI is InChI=1S/C8H14N4O6S/c1-10(9)7(13)6-3-2-5-4-11(6)8(14)12(5)18-19(15,16)17/h5-6H,2-4,9H2,1H3,(H,15,16,17)/t5-,6+/m1/s1. The largest absolute Gasteiger partial charge is 0.418 e. The number of rotatable bonds is 3. The predicted molar refractivity (Wildman–Crippen MR) is 60.3 cm³/mol. The van der Waals surface area contributed by atoms with E-state index in [1.54, 1.807) is 0 Å². The average Bonchev–Trinajstić information content (AvgIpc) is 2.52. The third-order valence-electron chi connectivity index (χ3n) is 3.13. The van der Waals surface area contributed by atoms with E-state index in [1.807, 2.05) is 0 Å². The third kappa shape index (κ3) is 2.63. The molecule has 2 fully saturated rings. The minimum atomic E-state index is -4.77. The highest BCUT2D eigenvalue weighted by atomic mass is 32.3. The van der Waals surface area contributed by atoms with Gasteiger partial charge < -0.3 is 4.90 Å². The van der Waals surface area contributed by atoms with Crippen LogP contribution < -0.4 is 5.84 Å². The fourth-order valence-electron chi connectivity index (χ4n) is 2.32. The van der Waals surface area contributed by atoms with E-state index in [2.05, 4.69) is 4.28 Å². The smallest absolute Gasteiger partial charge is 0.309 e. The number of hydrogen-bond acceptors (Lipinski definition) is 6. The van der Waals surface area contributed by atoms with Gasteiger partial charge in [-0.2, -0.15) is 13.5 Å². The molecular weight excluding hydrogens is 280 g/mol. The first-order valence-corrected chi connectivity index (χ1v) is 6.86. The van der Waals surface area contributed by atoms with Crippen molar-refractivity contribution in [3.8, 4) is 0 Å². The van der Waals surface area contributed by atoms with Gasteiger partial charge in [0.05, 0.1) is 6.04 Å². The zero-order chi connectivity index (χ0) is 14.4. The molecule has 10 nitrogen and oxygen atoms in total. The van der Waals surface area contributed by atoms with Crippen LogP contribution >= 0.6 is 0 Å². The lowest BCUT2D eigenvalue weighted by molar-refractivity contribution is -0.135. The summed E-state index contributed by atoms with van der Waals surface area (Å²) in [5.74, 6) is 4.90. The van der Waals surface area contributed by atoms with Gasteiger partial charge >= 0.3 is 16.4 Å². The van der Waals surface area contributed by atoms with Crippen molar-refractivity contribution in [3.05, 3.63) is 0 Å². The van der Waals surface area contributed by atoms with Crippen molar-refractivity contribution in [1.29, 1.82) is 0 Å². The molecular formula is C8H14N4O6S. The van der Waals surface area contributed by atoms with Crippen LogP contribution in [0.15, 0.2) is 0 Å². The topological polar surface area (TPSA) is 133 Å². The van der Waals surface area contributed by atoms with Crippen LogP contribution in [-0.4, -0.2) is 65.6 Å². The molecule has 0 radical (unpaired) electrons. The molecule has 2 aliphatic heterocycles. The number of nitrogens with zero attached hydrogens (tertiary/aromatic N) is 3. The monoisotopic (exact) mass is 294 g/mol. The molecule has 0 aliphatic carbocycles. The summed E-state index contributed by atoms with van der Waals surface area (Å²) in [5.41, 5.74) is 0. The van der Waals surface area contributed by atoms with Crippen LogP contribution in [0.5, 0.6) is 0 Å². The normalized spacial score (nSPS) is 26.8. The molecule has 2 atom stereocenters. The Bertz CT molecular complexity index is 505. The van der Waals surface area contributed by atoms with Gasteiger partial charge in [0.15, 0.2) is 0 Å². The number of carbonyl (C=O) groups is 2. The highest BCUT2D eigenvalue weighted by Crippen LogP contribution is 2.31. The average molecular weight is 294 g/mol. The Balaban J connectivity index is 2.18. The summed E-state index contributed by atoms with van der Waals surface area (Å²) < 4.78 is 34.2. The second-order valence-corrected chi connectivity index (χ2v) is 5.46. The fraction of sp³-hybridized carbons (Fsp3) is 0.750. The number of hydrogen-bond donors (Lipinski definition) is 2. The van der Waals surface area contributed by atoms with Crippen molar-refractivity contribution in [2.45, 2.75) is 24.9 Å². The summed E-state index contributed by atoms with van der Waals surface area (Å²) >= 11 is 0. The summed E-state index contributed by atoms with van der Waals surface area (Å²) in [6.45, 7) is 0.151. The molecule has 0 aromatic carbocycles. The minimum absolute atomic E-state index is 0.151. The zero-order valence-corrected chi connectivity index (χ0v) is 10.9. The van der Waals surface area contributed by atoms with Crippen molar-refractivity contribution in [2.24, 2.45) is 5.84 Å². The first kappa shape index (κ1) is 14.0. The van der Waals surface area contributed by atoms with Crippen LogP contribution in [0.3, 0.4) is 0 Å². The molecule has 2 aliphatic rings. The molecule has 11 heteroatoms. The van der Waals surface area contributed by atoms with Gasteiger partial charge in [0.2, 0.25) is 0 Å². The van der Waals surface area contributed by atoms with Gasteiger partial charge in [-0.1, -0.05) is 0 Å². The number of piperidine rings is 1. The minimum Gasteiger partial charge on any atom is -0.309 e. The Hall–Kier alpha value is -1.43. The summed E-state index contributed by atoms with van der Waals surface area (Å²) in [4.78, 5) is 24.9. The van der Waals surface area contributed by atoms with Crippen molar-refractivity contribution in [3.63, 3.8) is 0 Å². The molecule has 0 aromatic heterocycles. The van der Waals surface area contributed by atoms with Gasteiger partial charge in [-0.3, -0.25) is 14.4 Å². The van der Waals surface area contributed by atoms with Gasteiger partial charge in [-0.15, -0.1) is 4.28 Å². The summed E-state index contributed by atoms with van der Waals surface area (Å²) in [6.07, 6.45) is 0.726. The number of nitrogens with two attached hydrogens (primary N) is 1. The molecule has 2 bridgehead atoms. The Morgan fingerprint density at radius 3 is 2.68 bits per heavy atom. The molecule has 2 rings (SSSR count). The maximum Gasteiger partial charge on any atom is 0.418 e. The quantitative estimate of drug-likeness (QED) is 0.275. The number of likely N-dealkylation sites (N-methyl/N-ethyl adjacent to an activating group) is 1. The van der Waals surface area contributed by atoms with Gasteiger partial charge in [0.1, 0.15) is 6.04 Å². The van der Waals surface area contributed by atoms with Crippen LogP contribution in [0.25, 0.3) is 0 Å². The Labute approximate surface area is 109 Å². The zero-order valence-electron chi connectivity index (χ0n) is 10.1. The van der Waals surface area contributed by atoms with Crippen molar-refractivity contribution < 1.29 is 26.8 Å². The van der Waals surface area contributed by atoms with Crippen molar-refractivity contribution >= 4 is 22.3 Å². The lowest BCUT2D eigenvalue weighted by Gasteiger charge is -2.30. The van der Waals surface area contributed by atoms with Crippen LogP contribution in [0.4, 0.5) is 4.79 Å². The first-order chi connectivity index (χ1) is 8.70. The van der Waals surface area contributed by atoms with E-state index in [9.17, 15) is 18.0 Å². The SMILES string of the molecule is CN(N)C(=O)[C@@H]1CC[C@@H]2CN1C(=O)N2OS(=O)(=O)O. The number of carbonyl (C=O) groups excluding carboxylic acids is 2. The fourth-order valence-corrected chi connectivity index (χ4v) is 2.71. The highest BCUT2D eigenvalue weighted by Gasteiger charge is 2.49. The number of urea groups is 1. The molecule has 2 heterocycles. The van der Waals surface area contributed by atoms with Crippen LogP contribution in [0, 0.1) is 0 Å². The van der Waals surface area contributed by atoms with Gasteiger partial charge in [-0.25, -0.2) is 10.6 Å². The van der Waals surface area contributed by atoms with Crippen LogP contribution in [0.2, 0.25) is 0 Å².